The van der Waals surface area contributed by atoms with Gasteiger partial charge in [-0.3, -0.25) is 4.79 Å². The highest BCUT2D eigenvalue weighted by molar-refractivity contribution is 5.81. The Labute approximate surface area is 75.2 Å². The number of esters is 1. The molecule has 0 bridgehead atoms. The second-order valence-electron chi connectivity index (χ2n) is 3.32. The van der Waals surface area contributed by atoms with Crippen molar-refractivity contribution in [2.75, 3.05) is 6.61 Å². The molecule has 3 nitrogen and oxygen atoms in total. The summed E-state index contributed by atoms with van der Waals surface area (Å²) in [5.41, 5.74) is 4.05. The molecule has 0 aromatic carbocycles. The van der Waals surface area contributed by atoms with Crippen LogP contribution in [0.25, 0.3) is 0 Å². The van der Waals surface area contributed by atoms with E-state index in [1.165, 1.54) is 0 Å². The minimum Gasteiger partial charge on any atom is -0.465 e. The second kappa shape index (κ2) is 3.57. The summed E-state index contributed by atoms with van der Waals surface area (Å²) in [7, 11) is 0. The Balaban J connectivity index is 2.63. The lowest BCUT2D eigenvalue weighted by Gasteiger charge is -2.19. The van der Waals surface area contributed by atoms with Gasteiger partial charge in [-0.25, -0.2) is 8.78 Å². The summed E-state index contributed by atoms with van der Waals surface area (Å²) in [6.45, 7) is 1.79. The topological polar surface area (TPSA) is 52.3 Å². The maximum atomic E-state index is 12.8. The fourth-order valence-corrected chi connectivity index (χ4v) is 1.48. The zero-order chi connectivity index (χ0) is 10.1. The normalized spacial score (nSPS) is 39.1. The number of carbonyl (C=O) groups excluding carboxylic acids is 1. The van der Waals surface area contributed by atoms with Crippen molar-refractivity contribution >= 4 is 5.97 Å². The number of hydrogen-bond donors (Lipinski definition) is 1. The van der Waals surface area contributed by atoms with E-state index in [4.69, 9.17) is 5.73 Å². The molecule has 1 rings (SSSR count). The van der Waals surface area contributed by atoms with E-state index >= 15 is 0 Å². The van der Waals surface area contributed by atoms with E-state index in [1.54, 1.807) is 6.92 Å². The van der Waals surface area contributed by atoms with Crippen molar-refractivity contribution < 1.29 is 18.3 Å². The molecule has 0 aliphatic heterocycles. The molecule has 5 heteroatoms. The molecule has 1 fully saturated rings. The molecule has 0 heterocycles. The molecule has 13 heavy (non-hydrogen) atoms. The van der Waals surface area contributed by atoms with Gasteiger partial charge in [-0.1, -0.05) is 0 Å². The first kappa shape index (κ1) is 10.4. The maximum absolute atomic E-state index is 12.8. The van der Waals surface area contributed by atoms with Gasteiger partial charge in [0.2, 0.25) is 0 Å². The van der Waals surface area contributed by atoms with Crippen LogP contribution in [0.2, 0.25) is 0 Å². The van der Waals surface area contributed by atoms with Crippen LogP contribution in [0.5, 0.6) is 0 Å². The highest BCUT2D eigenvalue weighted by atomic mass is 19.2. The summed E-state index contributed by atoms with van der Waals surface area (Å²) in [5, 5.41) is 0. The van der Waals surface area contributed by atoms with Crippen molar-refractivity contribution in [1.29, 1.82) is 0 Å². The lowest BCUT2D eigenvalue weighted by Crippen LogP contribution is -2.47. The molecule has 0 amide bonds. The fraction of sp³-hybridized carbons (Fsp3) is 0.875. The molecule has 0 saturated heterocycles. The maximum Gasteiger partial charge on any atom is 0.326 e. The first-order chi connectivity index (χ1) is 5.99. The third-order valence-electron chi connectivity index (χ3n) is 2.19. The van der Waals surface area contributed by atoms with Crippen molar-refractivity contribution in [2.24, 2.45) is 5.73 Å². The van der Waals surface area contributed by atoms with Crippen LogP contribution in [0.4, 0.5) is 8.78 Å². The smallest absolute Gasteiger partial charge is 0.326 e. The molecule has 76 valence electrons. The SMILES string of the molecule is CCOC(=O)C1(N)CC(F)C(F)C1. The number of nitrogens with two attached hydrogens (primary N) is 1. The zero-order valence-corrected chi connectivity index (χ0v) is 7.43. The van der Waals surface area contributed by atoms with Gasteiger partial charge in [-0.05, 0) is 6.92 Å². The van der Waals surface area contributed by atoms with Crippen molar-refractivity contribution in [3.63, 3.8) is 0 Å². The minimum atomic E-state index is -1.64. The van der Waals surface area contributed by atoms with Crippen LogP contribution in [0, 0.1) is 0 Å². The number of alkyl halides is 2. The monoisotopic (exact) mass is 193 g/mol. The van der Waals surface area contributed by atoms with E-state index in [9.17, 15) is 13.6 Å². The molecule has 1 saturated carbocycles. The van der Waals surface area contributed by atoms with E-state index in [1.807, 2.05) is 0 Å². The Bertz CT molecular complexity index is 200. The molecule has 2 atom stereocenters. The van der Waals surface area contributed by atoms with Gasteiger partial charge in [0, 0.05) is 12.8 Å². The molecular formula is C8H13F2NO2. The molecular weight excluding hydrogens is 180 g/mol. The van der Waals surface area contributed by atoms with Crippen LogP contribution in [-0.4, -0.2) is 30.5 Å². The van der Waals surface area contributed by atoms with E-state index in [0.717, 1.165) is 0 Å². The zero-order valence-electron chi connectivity index (χ0n) is 7.43. The van der Waals surface area contributed by atoms with E-state index in [0.29, 0.717) is 0 Å². The van der Waals surface area contributed by atoms with Crippen LogP contribution in [-0.2, 0) is 9.53 Å². The average Bonchev–Trinajstić information content (AvgIpc) is 2.28. The molecule has 0 aromatic heterocycles. The predicted molar refractivity (Wildman–Crippen MR) is 42.6 cm³/mol. The summed E-state index contributed by atoms with van der Waals surface area (Å²) in [6.07, 6.45) is -3.86. The van der Waals surface area contributed by atoms with Gasteiger partial charge in [0.05, 0.1) is 6.61 Å². The number of rotatable bonds is 2. The predicted octanol–water partition coefficient (Wildman–Crippen LogP) is 0.717. The fourth-order valence-electron chi connectivity index (χ4n) is 1.48. The molecule has 2 unspecified atom stereocenters. The first-order valence-electron chi connectivity index (χ1n) is 4.24. The molecule has 0 aromatic rings. The van der Waals surface area contributed by atoms with Gasteiger partial charge in [0.15, 0.2) is 0 Å². The lowest BCUT2D eigenvalue weighted by molar-refractivity contribution is -0.149. The second-order valence-corrected chi connectivity index (χ2v) is 3.32. The molecule has 2 N–H and O–H groups in total. The van der Waals surface area contributed by atoms with Crippen molar-refractivity contribution in [3.8, 4) is 0 Å². The van der Waals surface area contributed by atoms with Crippen LogP contribution >= 0.6 is 0 Å². The Morgan fingerprint density at radius 1 is 1.54 bits per heavy atom. The summed E-state index contributed by atoms with van der Waals surface area (Å²) in [6, 6.07) is 0. The molecule has 1 aliphatic rings. The summed E-state index contributed by atoms with van der Waals surface area (Å²) in [4.78, 5) is 11.2. The molecule has 0 spiro atoms. The Kier molecular flexibility index (Phi) is 2.85. The molecule has 1 aliphatic carbocycles. The summed E-state index contributed by atoms with van der Waals surface area (Å²) >= 11 is 0. The number of ether oxygens (including phenoxy) is 1. The van der Waals surface area contributed by atoms with Crippen LogP contribution in [0.3, 0.4) is 0 Å². The van der Waals surface area contributed by atoms with E-state index in [2.05, 4.69) is 4.74 Å². The number of hydrogen-bond acceptors (Lipinski definition) is 3. The van der Waals surface area contributed by atoms with Crippen molar-refractivity contribution in [3.05, 3.63) is 0 Å². The summed E-state index contributed by atoms with van der Waals surface area (Å²) < 4.78 is 30.1. The standard InChI is InChI=1S/C8H13F2NO2/c1-2-13-7(12)8(11)3-5(9)6(10)4-8/h5-6H,2-4,11H2,1H3. The van der Waals surface area contributed by atoms with Crippen LogP contribution < -0.4 is 5.73 Å². The Morgan fingerprint density at radius 2 is 2.00 bits per heavy atom. The van der Waals surface area contributed by atoms with Gasteiger partial charge in [0.25, 0.3) is 0 Å². The van der Waals surface area contributed by atoms with E-state index in [-0.39, 0.29) is 19.4 Å². The first-order valence-corrected chi connectivity index (χ1v) is 4.24. The van der Waals surface area contributed by atoms with Crippen LogP contribution in [0.15, 0.2) is 0 Å². The highest BCUT2D eigenvalue weighted by Crippen LogP contribution is 2.33. The molecule has 0 radical (unpaired) electrons. The summed E-state index contributed by atoms with van der Waals surface area (Å²) in [5.74, 6) is -0.710. The van der Waals surface area contributed by atoms with E-state index < -0.39 is 23.9 Å². The van der Waals surface area contributed by atoms with Gasteiger partial charge in [0.1, 0.15) is 17.9 Å². The van der Waals surface area contributed by atoms with Gasteiger partial charge < -0.3 is 10.5 Å². The number of halogens is 2. The lowest BCUT2D eigenvalue weighted by atomic mass is 10.00. The highest BCUT2D eigenvalue weighted by Gasteiger charge is 2.49. The number of carbonyl (C=O) groups is 1. The van der Waals surface area contributed by atoms with Gasteiger partial charge >= 0.3 is 5.97 Å². The van der Waals surface area contributed by atoms with Crippen molar-refractivity contribution in [1.82, 2.24) is 0 Å². The third kappa shape index (κ3) is 1.96. The van der Waals surface area contributed by atoms with Crippen LogP contribution in [0.1, 0.15) is 19.8 Å². The van der Waals surface area contributed by atoms with Crippen molar-refractivity contribution in [2.45, 2.75) is 37.6 Å². The van der Waals surface area contributed by atoms with Gasteiger partial charge in [-0.15, -0.1) is 0 Å². The minimum absolute atomic E-state index is 0.172. The quantitative estimate of drug-likeness (QED) is 0.657. The Morgan fingerprint density at radius 3 is 2.38 bits per heavy atom. The third-order valence-corrected chi connectivity index (χ3v) is 2.19. The van der Waals surface area contributed by atoms with Gasteiger partial charge in [-0.2, -0.15) is 0 Å². The Hall–Kier alpha value is -0.710. The average molecular weight is 193 g/mol. The largest absolute Gasteiger partial charge is 0.465 e.